The van der Waals surface area contributed by atoms with Gasteiger partial charge in [0.1, 0.15) is 0 Å². The number of fused-ring (bicyclic) bond motifs is 6. The predicted octanol–water partition coefficient (Wildman–Crippen LogP) is 6.55. The van der Waals surface area contributed by atoms with E-state index < -0.39 is 15.6 Å². The highest BCUT2D eigenvalue weighted by molar-refractivity contribution is 7.86. The second-order valence-corrected chi connectivity index (χ2v) is 9.68. The molecule has 0 radical (unpaired) electrons. The molecule has 3 aliphatic carbocycles. The van der Waals surface area contributed by atoms with Crippen LogP contribution in [0.4, 0.5) is 13.2 Å². The Balaban J connectivity index is 0.000000277. The van der Waals surface area contributed by atoms with E-state index >= 15 is 0 Å². The average molecular weight is 494 g/mol. The van der Waals surface area contributed by atoms with Crippen LogP contribution in [-0.4, -0.2) is 24.2 Å². The van der Waals surface area contributed by atoms with Crippen LogP contribution in [0.3, 0.4) is 0 Å². The Morgan fingerprint density at radius 2 is 1.31 bits per heavy atom. The molecule has 0 aliphatic heterocycles. The lowest BCUT2D eigenvalue weighted by atomic mass is 9.84. The molecule has 35 heavy (non-hydrogen) atoms. The maximum Gasteiger partial charge on any atom is 0.522 e. The van der Waals surface area contributed by atoms with Crippen LogP contribution < -0.4 is 0 Å². The quantitative estimate of drug-likeness (QED) is 0.233. The molecule has 0 spiro atoms. The summed E-state index contributed by atoms with van der Waals surface area (Å²) in [5.74, 6) is 0. The first-order chi connectivity index (χ1) is 16.6. The number of hydrogen-bond donors (Lipinski definition) is 2. The van der Waals surface area contributed by atoms with Gasteiger partial charge in [-0.15, -0.1) is 0 Å². The van der Waals surface area contributed by atoms with Crippen LogP contribution in [-0.2, 0) is 16.5 Å². The normalized spacial score (nSPS) is 15.5. The fourth-order valence-corrected chi connectivity index (χ4v) is 4.66. The van der Waals surface area contributed by atoms with E-state index in [-0.39, 0.29) is 0 Å². The molecule has 2 N–H and O–H groups in total. The summed E-state index contributed by atoms with van der Waals surface area (Å²) in [6.45, 7) is 0. The summed E-state index contributed by atoms with van der Waals surface area (Å²) in [6.07, 6.45) is 7.43. The second kappa shape index (κ2) is 8.18. The fourth-order valence-electron chi connectivity index (χ4n) is 4.66. The SMILES string of the molecule is N=C1C2=Cc3ccccc3C2=CC=C1c1cccc2c1Cc1ccccc1-2.O=S(=O)(O)C(F)(F)F. The molecule has 3 aromatic rings. The molecule has 0 saturated heterocycles. The molecule has 0 atom stereocenters. The molecule has 8 heteroatoms. The Kier molecular flexibility index (Phi) is 5.38. The predicted molar refractivity (Wildman–Crippen MR) is 130 cm³/mol. The molecule has 0 unspecified atom stereocenters. The number of alkyl halides is 3. The Bertz CT molecular complexity index is 1600. The van der Waals surface area contributed by atoms with E-state index in [2.05, 4.69) is 85.0 Å². The zero-order chi connectivity index (χ0) is 25.0. The van der Waals surface area contributed by atoms with Crippen LogP contribution in [0.25, 0.3) is 28.3 Å². The molecule has 0 heterocycles. The number of allylic oxidation sites excluding steroid dienone is 5. The van der Waals surface area contributed by atoms with Crippen molar-refractivity contribution < 1.29 is 26.1 Å². The van der Waals surface area contributed by atoms with Crippen LogP contribution in [0.15, 0.2) is 84.5 Å². The molecule has 3 aromatic carbocycles. The molecular formula is C27H18F3NO3S. The number of rotatable bonds is 1. The monoisotopic (exact) mass is 493 g/mol. The first-order valence-corrected chi connectivity index (χ1v) is 12.1. The first-order valence-electron chi connectivity index (χ1n) is 10.6. The Morgan fingerprint density at radius 3 is 2.03 bits per heavy atom. The van der Waals surface area contributed by atoms with Crippen molar-refractivity contribution in [1.82, 2.24) is 0 Å². The van der Waals surface area contributed by atoms with Crippen molar-refractivity contribution in [2.45, 2.75) is 11.9 Å². The van der Waals surface area contributed by atoms with Gasteiger partial charge in [-0.1, -0.05) is 78.9 Å². The third-order valence-electron chi connectivity index (χ3n) is 6.23. The molecular weight excluding hydrogens is 475 g/mol. The second-order valence-electron chi connectivity index (χ2n) is 8.27. The topological polar surface area (TPSA) is 78.2 Å². The van der Waals surface area contributed by atoms with Gasteiger partial charge >= 0.3 is 15.6 Å². The minimum absolute atomic E-state index is 0.632. The highest BCUT2D eigenvalue weighted by Crippen LogP contribution is 2.45. The lowest BCUT2D eigenvalue weighted by Gasteiger charge is -2.19. The average Bonchev–Trinajstić information content (AvgIpc) is 3.38. The van der Waals surface area contributed by atoms with Crippen molar-refractivity contribution in [3.05, 3.63) is 112 Å². The van der Waals surface area contributed by atoms with E-state index in [1.54, 1.807) is 0 Å². The smallest absolute Gasteiger partial charge is 0.300 e. The lowest BCUT2D eigenvalue weighted by molar-refractivity contribution is -0.0510. The van der Waals surface area contributed by atoms with Crippen LogP contribution in [0.5, 0.6) is 0 Å². The van der Waals surface area contributed by atoms with Crippen molar-refractivity contribution in [3.63, 3.8) is 0 Å². The van der Waals surface area contributed by atoms with Gasteiger partial charge < -0.3 is 0 Å². The molecule has 176 valence electrons. The standard InChI is InChI=1S/C26H17N.CHF3O3S/c27-26-23(13-12-22-19-9-4-2-7-17(19)15-25(22)26)21-11-5-10-20-18-8-3-1-6-16(18)14-24(20)21;2-1(3,4)8(5,6)7/h1-13,15,27H,14H2;(H,5,6,7). The molecule has 4 nitrogen and oxygen atoms in total. The van der Waals surface area contributed by atoms with Crippen molar-refractivity contribution >= 4 is 33.1 Å². The van der Waals surface area contributed by atoms with Gasteiger partial charge in [0.15, 0.2) is 0 Å². The summed E-state index contributed by atoms with van der Waals surface area (Å²) >= 11 is 0. The van der Waals surface area contributed by atoms with E-state index in [0.29, 0.717) is 5.71 Å². The summed E-state index contributed by atoms with van der Waals surface area (Å²) in [4.78, 5) is 0. The van der Waals surface area contributed by atoms with Crippen LogP contribution in [0.1, 0.15) is 27.8 Å². The van der Waals surface area contributed by atoms with E-state index in [0.717, 1.165) is 17.6 Å². The summed E-state index contributed by atoms with van der Waals surface area (Å²) in [7, 11) is -5.84. The molecule has 0 saturated carbocycles. The van der Waals surface area contributed by atoms with Gasteiger partial charge in [0.05, 0.1) is 5.71 Å². The zero-order valence-electron chi connectivity index (χ0n) is 18.1. The van der Waals surface area contributed by atoms with Crippen molar-refractivity contribution in [1.29, 1.82) is 5.41 Å². The number of halogens is 3. The minimum Gasteiger partial charge on any atom is -0.300 e. The number of hydrogen-bond acceptors (Lipinski definition) is 3. The van der Waals surface area contributed by atoms with Gasteiger partial charge in [-0.25, -0.2) is 0 Å². The van der Waals surface area contributed by atoms with Gasteiger partial charge in [-0.3, -0.25) is 9.96 Å². The van der Waals surface area contributed by atoms with Gasteiger partial charge in [-0.2, -0.15) is 21.6 Å². The molecule has 3 aliphatic rings. The van der Waals surface area contributed by atoms with E-state index in [9.17, 15) is 13.2 Å². The maximum absolute atomic E-state index is 10.7. The van der Waals surface area contributed by atoms with E-state index in [4.69, 9.17) is 18.4 Å². The lowest BCUT2D eigenvalue weighted by Crippen LogP contribution is -2.21. The van der Waals surface area contributed by atoms with Crippen molar-refractivity contribution in [2.75, 3.05) is 0 Å². The molecule has 6 rings (SSSR count). The van der Waals surface area contributed by atoms with Crippen LogP contribution in [0.2, 0.25) is 0 Å². The maximum atomic E-state index is 10.7. The zero-order valence-corrected chi connectivity index (χ0v) is 18.9. The van der Waals surface area contributed by atoms with Gasteiger partial charge in [0, 0.05) is 11.1 Å². The van der Waals surface area contributed by atoms with Gasteiger partial charge in [-0.05, 0) is 57.0 Å². The summed E-state index contributed by atoms with van der Waals surface area (Å²) in [5.41, 5.74) is 7.37. The first kappa shape index (κ1) is 23.0. The van der Waals surface area contributed by atoms with Crippen LogP contribution in [0, 0.1) is 5.41 Å². The molecule has 0 bridgehead atoms. The molecule has 0 fully saturated rings. The highest BCUT2D eigenvalue weighted by atomic mass is 32.2. The summed E-state index contributed by atoms with van der Waals surface area (Å²) in [6, 6.07) is 23.6. The van der Waals surface area contributed by atoms with Crippen molar-refractivity contribution in [2.24, 2.45) is 0 Å². The Hall–Kier alpha value is -3.75. The number of benzene rings is 3. The molecule has 0 aromatic heterocycles. The molecule has 0 amide bonds. The largest absolute Gasteiger partial charge is 0.522 e. The Morgan fingerprint density at radius 1 is 0.743 bits per heavy atom. The van der Waals surface area contributed by atoms with Gasteiger partial charge in [0.2, 0.25) is 0 Å². The minimum atomic E-state index is -5.84. The van der Waals surface area contributed by atoms with E-state index in [1.165, 1.54) is 44.5 Å². The fraction of sp³-hybridized carbons (Fsp3) is 0.0741. The highest BCUT2D eigenvalue weighted by Gasteiger charge is 2.44. The Labute approximate surface area is 200 Å². The number of nitrogens with one attached hydrogen (secondary N) is 1. The van der Waals surface area contributed by atoms with E-state index in [1.807, 2.05) is 0 Å². The van der Waals surface area contributed by atoms with Crippen molar-refractivity contribution in [3.8, 4) is 11.1 Å². The third-order valence-corrected chi connectivity index (χ3v) is 6.81. The van der Waals surface area contributed by atoms with Crippen LogP contribution >= 0.6 is 0 Å². The van der Waals surface area contributed by atoms with Gasteiger partial charge in [0.25, 0.3) is 0 Å². The summed E-state index contributed by atoms with van der Waals surface area (Å²) in [5, 5.41) is 8.93. The summed E-state index contributed by atoms with van der Waals surface area (Å²) < 4.78 is 57.5. The third kappa shape index (κ3) is 3.94.